The van der Waals surface area contributed by atoms with E-state index in [0.717, 1.165) is 29.5 Å². The zero-order valence-electron chi connectivity index (χ0n) is 12.9. The van der Waals surface area contributed by atoms with Crippen LogP contribution in [0.2, 0.25) is 0 Å². The van der Waals surface area contributed by atoms with Crippen molar-refractivity contribution >= 4 is 22.6 Å². The van der Waals surface area contributed by atoms with E-state index in [1.54, 1.807) is 7.11 Å². The fraction of sp³-hybridized carbons (Fsp3) is 0.412. The predicted octanol–water partition coefficient (Wildman–Crippen LogP) is 2.13. The third-order valence-corrected chi connectivity index (χ3v) is 4.17. The number of hydrogen-bond donors (Lipinski definition) is 2. The lowest BCUT2D eigenvalue weighted by molar-refractivity contribution is -0.125. The molecule has 1 unspecified atom stereocenters. The third kappa shape index (κ3) is 2.84. The molecular weight excluding hydrogens is 280 g/mol. The van der Waals surface area contributed by atoms with Crippen LogP contribution in [0.3, 0.4) is 0 Å². The number of methoxy groups -OCH3 is 1. The number of aromatic nitrogens is 1. The second-order valence-corrected chi connectivity index (χ2v) is 5.87. The van der Waals surface area contributed by atoms with Gasteiger partial charge in [0, 0.05) is 41.9 Å². The van der Waals surface area contributed by atoms with Crippen LogP contribution in [0.15, 0.2) is 18.2 Å². The molecule has 1 atom stereocenters. The van der Waals surface area contributed by atoms with Crippen LogP contribution >= 0.6 is 0 Å². The molecule has 0 saturated carbocycles. The molecule has 3 rings (SSSR count). The molecule has 1 aliphatic carbocycles. The molecular formula is C17H20N2O3. The van der Waals surface area contributed by atoms with Gasteiger partial charge in [0.25, 0.3) is 0 Å². The Hall–Kier alpha value is -2.30. The van der Waals surface area contributed by atoms with Gasteiger partial charge in [-0.15, -0.1) is 0 Å². The number of rotatable bonds is 5. The molecule has 1 aromatic carbocycles. The maximum atomic E-state index is 11.8. The number of aromatic amines is 1. The van der Waals surface area contributed by atoms with Crippen molar-refractivity contribution in [1.29, 1.82) is 0 Å². The molecule has 116 valence electrons. The lowest BCUT2D eigenvalue weighted by atomic mass is 10.1. The van der Waals surface area contributed by atoms with Gasteiger partial charge in [-0.2, -0.15) is 0 Å². The highest BCUT2D eigenvalue weighted by Crippen LogP contribution is 2.32. The number of amides is 1. The van der Waals surface area contributed by atoms with E-state index in [4.69, 9.17) is 4.74 Å². The van der Waals surface area contributed by atoms with Crippen molar-refractivity contribution < 1.29 is 14.3 Å². The molecule has 1 aliphatic rings. The van der Waals surface area contributed by atoms with Crippen LogP contribution in [0.5, 0.6) is 5.75 Å². The molecule has 1 amide bonds. The van der Waals surface area contributed by atoms with Gasteiger partial charge in [-0.05, 0) is 37.1 Å². The number of ketones is 1. The Morgan fingerprint density at radius 3 is 2.86 bits per heavy atom. The Labute approximate surface area is 129 Å². The molecule has 5 nitrogen and oxygen atoms in total. The van der Waals surface area contributed by atoms with E-state index in [9.17, 15) is 9.59 Å². The number of nitrogens with one attached hydrogen (secondary N) is 2. The summed E-state index contributed by atoms with van der Waals surface area (Å²) < 4.78 is 5.28. The van der Waals surface area contributed by atoms with E-state index < -0.39 is 0 Å². The molecule has 22 heavy (non-hydrogen) atoms. The molecule has 0 fully saturated rings. The fourth-order valence-corrected chi connectivity index (χ4v) is 3.07. The molecule has 0 radical (unpaired) electrons. The molecule has 0 saturated heterocycles. The first-order chi connectivity index (χ1) is 10.6. The highest BCUT2D eigenvalue weighted by atomic mass is 16.5. The highest BCUT2D eigenvalue weighted by molar-refractivity contribution is 5.87. The molecule has 0 bridgehead atoms. The first kappa shape index (κ1) is 14.6. The van der Waals surface area contributed by atoms with Crippen molar-refractivity contribution in [3.63, 3.8) is 0 Å². The zero-order valence-corrected chi connectivity index (χ0v) is 12.9. The van der Waals surface area contributed by atoms with Gasteiger partial charge in [0.1, 0.15) is 11.5 Å². The summed E-state index contributed by atoms with van der Waals surface area (Å²) >= 11 is 0. The van der Waals surface area contributed by atoms with Crippen molar-refractivity contribution in [2.24, 2.45) is 0 Å². The minimum absolute atomic E-state index is 0.0462. The van der Waals surface area contributed by atoms with Crippen LogP contribution in [0.1, 0.15) is 31.0 Å². The largest absolute Gasteiger partial charge is 0.497 e. The molecule has 1 aromatic heterocycles. The van der Waals surface area contributed by atoms with Gasteiger partial charge >= 0.3 is 0 Å². The summed E-state index contributed by atoms with van der Waals surface area (Å²) in [5.41, 5.74) is 3.54. The molecule has 0 spiro atoms. The van der Waals surface area contributed by atoms with E-state index in [-0.39, 0.29) is 24.2 Å². The molecule has 5 heteroatoms. The number of ether oxygens (including phenoxy) is 1. The van der Waals surface area contributed by atoms with E-state index >= 15 is 0 Å². The molecule has 0 aliphatic heterocycles. The summed E-state index contributed by atoms with van der Waals surface area (Å²) in [6.45, 7) is 1.51. The van der Waals surface area contributed by atoms with Crippen molar-refractivity contribution in [1.82, 2.24) is 10.3 Å². The van der Waals surface area contributed by atoms with Gasteiger partial charge in [-0.1, -0.05) is 0 Å². The second kappa shape index (κ2) is 5.83. The predicted molar refractivity (Wildman–Crippen MR) is 84.1 cm³/mol. The Kier molecular flexibility index (Phi) is 3.88. The van der Waals surface area contributed by atoms with Crippen molar-refractivity contribution in [2.75, 3.05) is 7.11 Å². The monoisotopic (exact) mass is 300 g/mol. The van der Waals surface area contributed by atoms with Gasteiger partial charge in [-0.25, -0.2) is 0 Å². The summed E-state index contributed by atoms with van der Waals surface area (Å²) in [7, 11) is 1.66. The van der Waals surface area contributed by atoms with Crippen LogP contribution in [-0.4, -0.2) is 29.8 Å². The van der Waals surface area contributed by atoms with E-state index in [2.05, 4.69) is 10.3 Å². The average molecular weight is 300 g/mol. The van der Waals surface area contributed by atoms with Crippen molar-refractivity contribution in [3.05, 3.63) is 29.5 Å². The third-order valence-electron chi connectivity index (χ3n) is 4.17. The van der Waals surface area contributed by atoms with Gasteiger partial charge in [-0.3, -0.25) is 4.79 Å². The first-order valence-corrected chi connectivity index (χ1v) is 7.53. The average Bonchev–Trinajstić information content (AvgIpc) is 3.01. The summed E-state index contributed by atoms with van der Waals surface area (Å²) in [6.07, 6.45) is 2.20. The Bertz CT molecular complexity index is 733. The number of carbonyl (C=O) groups excluding carboxylic acids is 2. The number of carbonyl (C=O) groups is 2. The summed E-state index contributed by atoms with van der Waals surface area (Å²) in [4.78, 5) is 26.2. The van der Waals surface area contributed by atoms with Crippen LogP contribution in [0.4, 0.5) is 0 Å². The summed E-state index contributed by atoms with van der Waals surface area (Å²) in [5, 5.41) is 4.18. The lowest BCUT2D eigenvalue weighted by Gasteiger charge is -2.12. The van der Waals surface area contributed by atoms with Gasteiger partial charge < -0.3 is 19.8 Å². The molecule has 2 aromatic rings. The van der Waals surface area contributed by atoms with Crippen LogP contribution in [0.25, 0.3) is 10.9 Å². The smallest absolute Gasteiger partial charge is 0.220 e. The number of benzene rings is 1. The van der Waals surface area contributed by atoms with Crippen molar-refractivity contribution in [3.8, 4) is 5.75 Å². The number of Topliss-reactive ketones (excluding diaryl/α,β-unsaturated/α-hetero) is 1. The zero-order chi connectivity index (χ0) is 15.7. The molecule has 1 heterocycles. The van der Waals surface area contributed by atoms with Crippen molar-refractivity contribution in [2.45, 2.75) is 38.6 Å². The van der Waals surface area contributed by atoms with Gasteiger partial charge in [0.05, 0.1) is 7.11 Å². The van der Waals surface area contributed by atoms with E-state index in [1.165, 1.54) is 18.2 Å². The normalized spacial score (nSPS) is 16.5. The van der Waals surface area contributed by atoms with E-state index in [0.29, 0.717) is 6.42 Å². The maximum Gasteiger partial charge on any atom is 0.220 e. The highest BCUT2D eigenvalue weighted by Gasteiger charge is 2.26. The maximum absolute atomic E-state index is 11.8. The minimum atomic E-state index is -0.0489. The van der Waals surface area contributed by atoms with Gasteiger partial charge in [0.15, 0.2) is 0 Å². The Balaban J connectivity index is 1.70. The number of fused-ring (bicyclic) bond motifs is 3. The van der Waals surface area contributed by atoms with Gasteiger partial charge in [0.2, 0.25) is 5.91 Å². The van der Waals surface area contributed by atoms with E-state index in [1.807, 2.05) is 18.2 Å². The number of H-pyrrole nitrogens is 1. The topological polar surface area (TPSA) is 71.2 Å². The fourth-order valence-electron chi connectivity index (χ4n) is 3.07. The lowest BCUT2D eigenvalue weighted by Crippen LogP contribution is -2.35. The van der Waals surface area contributed by atoms with Crippen LogP contribution in [0, 0.1) is 0 Å². The summed E-state index contributed by atoms with van der Waals surface area (Å²) in [6, 6.07) is 6.10. The van der Waals surface area contributed by atoms with Crippen LogP contribution < -0.4 is 10.1 Å². The second-order valence-electron chi connectivity index (χ2n) is 5.87. The minimum Gasteiger partial charge on any atom is -0.497 e. The quantitative estimate of drug-likeness (QED) is 0.888. The SMILES string of the molecule is COc1ccc2[nH]c3c(c2c1)CC(NC(=O)CCC(C)=O)C3. The van der Waals surface area contributed by atoms with Crippen LogP contribution in [-0.2, 0) is 22.4 Å². The Morgan fingerprint density at radius 2 is 2.14 bits per heavy atom. The number of hydrogen-bond acceptors (Lipinski definition) is 3. The standard InChI is InChI=1S/C17H20N2O3/c1-10(20)3-6-17(21)18-11-7-13-14-9-12(22-2)4-5-15(14)19-16(13)8-11/h4-5,9,11,19H,3,6-8H2,1-2H3,(H,18,21). The molecule has 2 N–H and O–H groups in total. The summed E-state index contributed by atoms with van der Waals surface area (Å²) in [5.74, 6) is 0.834. The Morgan fingerprint density at radius 1 is 1.32 bits per heavy atom. The first-order valence-electron chi connectivity index (χ1n) is 7.53.